The van der Waals surface area contributed by atoms with E-state index < -0.39 is 0 Å². The van der Waals surface area contributed by atoms with Crippen LogP contribution in [0, 0.1) is 20.8 Å². The zero-order valence-corrected chi connectivity index (χ0v) is 16.1. The third kappa shape index (κ3) is 4.88. The Hall–Kier alpha value is -1.74. The van der Waals surface area contributed by atoms with E-state index in [2.05, 4.69) is 63.3 Å². The Morgan fingerprint density at radius 3 is 2.46 bits per heavy atom. The van der Waals surface area contributed by atoms with Crippen LogP contribution in [0.4, 0.5) is 5.69 Å². The number of thioether (sulfide) groups is 1. The molecule has 0 saturated heterocycles. The van der Waals surface area contributed by atoms with Crippen LogP contribution in [0.5, 0.6) is 0 Å². The quantitative estimate of drug-likeness (QED) is 0.667. The monoisotopic (exact) mass is 341 g/mol. The van der Waals surface area contributed by atoms with Gasteiger partial charge in [-0.25, -0.2) is 0 Å². The molecule has 0 bridgehead atoms. The fraction of sp³-hybridized carbons (Fsp3) is 0.381. The first kappa shape index (κ1) is 18.6. The molecule has 0 aromatic heterocycles. The summed E-state index contributed by atoms with van der Waals surface area (Å²) in [6.07, 6.45) is 0.517. The minimum absolute atomic E-state index is 0.0857. The van der Waals surface area contributed by atoms with Crippen molar-refractivity contribution in [3.8, 4) is 0 Å². The van der Waals surface area contributed by atoms with Gasteiger partial charge in [-0.1, -0.05) is 38.1 Å². The molecule has 3 heteroatoms. The van der Waals surface area contributed by atoms with Crippen molar-refractivity contribution in [2.24, 2.45) is 0 Å². The van der Waals surface area contributed by atoms with Crippen LogP contribution in [0.25, 0.3) is 0 Å². The maximum absolute atomic E-state index is 12.3. The van der Waals surface area contributed by atoms with Gasteiger partial charge in [-0.3, -0.25) is 4.79 Å². The first-order valence-corrected chi connectivity index (χ1v) is 9.46. The normalized spacial score (nSPS) is 10.9. The average Bonchev–Trinajstić information content (AvgIpc) is 2.52. The van der Waals surface area contributed by atoms with E-state index in [0.717, 1.165) is 17.0 Å². The third-order valence-electron chi connectivity index (χ3n) is 4.27. The molecule has 0 heterocycles. The summed E-state index contributed by atoms with van der Waals surface area (Å²) in [6, 6.07) is 12.7. The minimum atomic E-state index is 0.0857. The van der Waals surface area contributed by atoms with Crippen molar-refractivity contribution in [2.75, 3.05) is 11.1 Å². The van der Waals surface area contributed by atoms with Crippen LogP contribution in [0.2, 0.25) is 0 Å². The first-order valence-electron chi connectivity index (χ1n) is 8.48. The van der Waals surface area contributed by atoms with Crippen LogP contribution in [0.1, 0.15) is 48.4 Å². The molecule has 2 aromatic rings. The number of hydrogen-bond acceptors (Lipinski definition) is 2. The van der Waals surface area contributed by atoms with Crippen molar-refractivity contribution < 1.29 is 4.79 Å². The van der Waals surface area contributed by atoms with Gasteiger partial charge in [0.15, 0.2) is 0 Å². The summed E-state index contributed by atoms with van der Waals surface area (Å²) in [4.78, 5) is 13.6. The Labute approximate surface area is 150 Å². The van der Waals surface area contributed by atoms with Gasteiger partial charge in [0.05, 0.1) is 0 Å². The summed E-state index contributed by atoms with van der Waals surface area (Å²) in [6.45, 7) is 10.6. The Balaban J connectivity index is 1.93. The standard InChI is InChI=1S/C21H27NOS/c1-14(2)19-8-6-7-16(4)21(19)22-20(23)11-12-24-18-10-9-15(3)17(5)13-18/h6-10,13-14H,11-12H2,1-5H3,(H,22,23). The molecule has 24 heavy (non-hydrogen) atoms. The smallest absolute Gasteiger partial charge is 0.225 e. The lowest BCUT2D eigenvalue weighted by Gasteiger charge is -2.16. The van der Waals surface area contributed by atoms with Gasteiger partial charge in [-0.15, -0.1) is 11.8 Å². The van der Waals surface area contributed by atoms with Crippen molar-refractivity contribution in [3.63, 3.8) is 0 Å². The third-order valence-corrected chi connectivity index (χ3v) is 5.26. The molecule has 0 radical (unpaired) electrons. The summed E-state index contributed by atoms with van der Waals surface area (Å²) in [7, 11) is 0. The molecule has 0 saturated carbocycles. The Morgan fingerprint density at radius 1 is 1.04 bits per heavy atom. The second kappa shape index (κ2) is 8.39. The number of para-hydroxylation sites is 1. The summed E-state index contributed by atoms with van der Waals surface area (Å²) < 4.78 is 0. The molecule has 1 amide bonds. The largest absolute Gasteiger partial charge is 0.326 e. The van der Waals surface area contributed by atoms with Crippen LogP contribution in [-0.2, 0) is 4.79 Å². The molecular formula is C21H27NOS. The predicted molar refractivity (Wildman–Crippen MR) is 105 cm³/mol. The van der Waals surface area contributed by atoms with Gasteiger partial charge in [0.25, 0.3) is 0 Å². The number of carbonyl (C=O) groups excluding carboxylic acids is 1. The molecule has 0 fully saturated rings. The van der Waals surface area contributed by atoms with Crippen LogP contribution >= 0.6 is 11.8 Å². The summed E-state index contributed by atoms with van der Waals surface area (Å²) in [5.74, 6) is 1.27. The van der Waals surface area contributed by atoms with Gasteiger partial charge < -0.3 is 5.32 Å². The highest BCUT2D eigenvalue weighted by molar-refractivity contribution is 7.99. The molecule has 0 spiro atoms. The molecule has 0 atom stereocenters. The molecular weight excluding hydrogens is 314 g/mol. The fourth-order valence-electron chi connectivity index (χ4n) is 2.61. The zero-order chi connectivity index (χ0) is 17.7. The lowest BCUT2D eigenvalue weighted by atomic mass is 9.98. The molecule has 2 aromatic carbocycles. The Kier molecular flexibility index (Phi) is 6.50. The van der Waals surface area contributed by atoms with Crippen molar-refractivity contribution in [2.45, 2.75) is 51.9 Å². The van der Waals surface area contributed by atoms with Gasteiger partial charge in [-0.05, 0) is 61.1 Å². The second-order valence-corrected chi connectivity index (χ2v) is 7.75. The summed E-state index contributed by atoms with van der Waals surface area (Å²) >= 11 is 1.74. The van der Waals surface area contributed by atoms with E-state index in [1.165, 1.54) is 21.6 Å². The van der Waals surface area contributed by atoms with Crippen LogP contribution in [0.3, 0.4) is 0 Å². The minimum Gasteiger partial charge on any atom is -0.326 e. The van der Waals surface area contributed by atoms with Gasteiger partial charge in [0.2, 0.25) is 5.91 Å². The first-order chi connectivity index (χ1) is 11.4. The van der Waals surface area contributed by atoms with Crippen LogP contribution in [-0.4, -0.2) is 11.7 Å². The number of rotatable bonds is 6. The highest BCUT2D eigenvalue weighted by Crippen LogP contribution is 2.28. The molecule has 2 rings (SSSR count). The van der Waals surface area contributed by atoms with Crippen LogP contribution in [0.15, 0.2) is 41.3 Å². The molecule has 2 nitrogen and oxygen atoms in total. The highest BCUT2D eigenvalue weighted by Gasteiger charge is 2.12. The lowest BCUT2D eigenvalue weighted by Crippen LogP contribution is -2.15. The number of carbonyl (C=O) groups is 1. The molecule has 128 valence electrons. The van der Waals surface area contributed by atoms with Crippen molar-refractivity contribution in [1.82, 2.24) is 0 Å². The van der Waals surface area contributed by atoms with E-state index in [1.807, 2.05) is 13.0 Å². The zero-order valence-electron chi connectivity index (χ0n) is 15.3. The number of nitrogens with one attached hydrogen (secondary N) is 1. The van der Waals surface area contributed by atoms with E-state index >= 15 is 0 Å². The molecule has 0 aliphatic rings. The van der Waals surface area contributed by atoms with Crippen molar-refractivity contribution in [1.29, 1.82) is 0 Å². The number of amides is 1. The molecule has 0 aliphatic heterocycles. The molecule has 1 N–H and O–H groups in total. The highest BCUT2D eigenvalue weighted by atomic mass is 32.2. The fourth-order valence-corrected chi connectivity index (χ4v) is 3.56. The maximum Gasteiger partial charge on any atom is 0.225 e. The van der Waals surface area contributed by atoms with E-state index in [1.54, 1.807) is 11.8 Å². The number of hydrogen-bond donors (Lipinski definition) is 1. The van der Waals surface area contributed by atoms with E-state index in [-0.39, 0.29) is 5.91 Å². The van der Waals surface area contributed by atoms with Gasteiger partial charge in [-0.2, -0.15) is 0 Å². The van der Waals surface area contributed by atoms with Gasteiger partial charge in [0.1, 0.15) is 0 Å². The van der Waals surface area contributed by atoms with Crippen LogP contribution < -0.4 is 5.32 Å². The number of benzene rings is 2. The Morgan fingerprint density at radius 2 is 1.79 bits per heavy atom. The number of aryl methyl sites for hydroxylation is 3. The SMILES string of the molecule is Cc1ccc(SCCC(=O)Nc2c(C)cccc2C(C)C)cc1C. The van der Waals surface area contributed by atoms with Crippen molar-refractivity contribution in [3.05, 3.63) is 58.7 Å². The summed E-state index contributed by atoms with van der Waals surface area (Å²) in [5.41, 5.74) is 5.90. The molecule has 0 aliphatic carbocycles. The topological polar surface area (TPSA) is 29.1 Å². The van der Waals surface area contributed by atoms with Gasteiger partial charge >= 0.3 is 0 Å². The van der Waals surface area contributed by atoms with E-state index in [9.17, 15) is 4.79 Å². The van der Waals surface area contributed by atoms with E-state index in [4.69, 9.17) is 0 Å². The second-order valence-electron chi connectivity index (χ2n) is 6.59. The summed E-state index contributed by atoms with van der Waals surface area (Å²) in [5, 5.41) is 3.11. The average molecular weight is 342 g/mol. The maximum atomic E-state index is 12.3. The van der Waals surface area contributed by atoms with E-state index in [0.29, 0.717) is 12.3 Å². The Bertz CT molecular complexity index is 722. The molecule has 0 unspecified atom stereocenters. The van der Waals surface area contributed by atoms with Crippen molar-refractivity contribution >= 4 is 23.4 Å². The predicted octanol–water partition coefficient (Wildman–Crippen LogP) is 5.86. The van der Waals surface area contributed by atoms with Gasteiger partial charge in [0, 0.05) is 22.8 Å². The lowest BCUT2D eigenvalue weighted by molar-refractivity contribution is -0.115. The number of anilines is 1.